The highest BCUT2D eigenvalue weighted by Gasteiger charge is 2.16. The third kappa shape index (κ3) is 2.54. The summed E-state index contributed by atoms with van der Waals surface area (Å²) in [6, 6.07) is 7.84. The molecule has 0 fully saturated rings. The van der Waals surface area contributed by atoms with Crippen LogP contribution in [0.25, 0.3) is 10.9 Å². The van der Waals surface area contributed by atoms with Crippen LogP contribution >= 0.6 is 11.3 Å². The molecule has 0 aliphatic rings. The van der Waals surface area contributed by atoms with Crippen LogP contribution in [0, 0.1) is 0 Å². The molecule has 1 N–H and O–H groups in total. The zero-order valence-electron chi connectivity index (χ0n) is 12.1. The lowest BCUT2D eigenvalue weighted by Gasteiger charge is -1.99. The second kappa shape index (κ2) is 5.29. The second-order valence-corrected chi connectivity index (χ2v) is 6.23. The van der Waals surface area contributed by atoms with Gasteiger partial charge >= 0.3 is 0 Å². The average molecular weight is 300 g/mol. The lowest BCUT2D eigenvalue weighted by molar-refractivity contribution is 0.102. The molecule has 3 aromatic rings. The zero-order valence-corrected chi connectivity index (χ0v) is 12.9. The summed E-state index contributed by atoms with van der Waals surface area (Å²) in [6.07, 6.45) is 1.84. The number of rotatable bonds is 3. The van der Waals surface area contributed by atoms with Crippen LogP contribution in [0.2, 0.25) is 0 Å². The monoisotopic (exact) mass is 300 g/mol. The van der Waals surface area contributed by atoms with Gasteiger partial charge in [0.1, 0.15) is 5.01 Å². The van der Waals surface area contributed by atoms with Crippen LogP contribution in [0.15, 0.2) is 30.5 Å². The van der Waals surface area contributed by atoms with Crippen molar-refractivity contribution in [2.75, 3.05) is 5.32 Å². The fraction of sp³-hybridized carbons (Fsp3) is 0.267. The first-order valence-electron chi connectivity index (χ1n) is 6.75. The second-order valence-electron chi connectivity index (χ2n) is 5.23. The number of nitrogens with zero attached hydrogens (tertiary/aromatic N) is 3. The molecular weight excluding hydrogens is 284 g/mol. The highest BCUT2D eigenvalue weighted by Crippen LogP contribution is 2.25. The van der Waals surface area contributed by atoms with E-state index in [2.05, 4.69) is 29.4 Å². The highest BCUT2D eigenvalue weighted by atomic mass is 32.1. The normalized spacial score (nSPS) is 11.2. The van der Waals surface area contributed by atoms with Gasteiger partial charge < -0.3 is 4.57 Å². The van der Waals surface area contributed by atoms with E-state index in [1.807, 2.05) is 42.1 Å². The Hall–Kier alpha value is -2.21. The Kier molecular flexibility index (Phi) is 3.47. The molecule has 108 valence electrons. The van der Waals surface area contributed by atoms with Gasteiger partial charge in [-0.3, -0.25) is 10.1 Å². The maximum atomic E-state index is 12.4. The van der Waals surface area contributed by atoms with Crippen LogP contribution in [-0.2, 0) is 7.05 Å². The van der Waals surface area contributed by atoms with Crippen molar-refractivity contribution in [3.05, 3.63) is 41.0 Å². The number of aromatic nitrogens is 3. The van der Waals surface area contributed by atoms with E-state index in [-0.39, 0.29) is 5.91 Å². The number of hydrogen-bond donors (Lipinski definition) is 1. The molecule has 0 radical (unpaired) electrons. The van der Waals surface area contributed by atoms with Gasteiger partial charge in [-0.2, -0.15) is 0 Å². The molecule has 1 aromatic carbocycles. The summed E-state index contributed by atoms with van der Waals surface area (Å²) >= 11 is 1.42. The zero-order chi connectivity index (χ0) is 15.0. The Bertz CT molecular complexity index is 803. The number of nitrogens with one attached hydrogen (secondary N) is 1. The topological polar surface area (TPSA) is 59.8 Å². The minimum Gasteiger partial charge on any atom is -0.350 e. The van der Waals surface area contributed by atoms with Crippen LogP contribution in [-0.4, -0.2) is 20.7 Å². The number of para-hydroxylation sites is 1. The first kappa shape index (κ1) is 13.8. The number of benzene rings is 1. The summed E-state index contributed by atoms with van der Waals surface area (Å²) in [5.41, 5.74) is 1.68. The Morgan fingerprint density at radius 2 is 2.05 bits per heavy atom. The lowest BCUT2D eigenvalue weighted by Crippen LogP contribution is -2.11. The Morgan fingerprint density at radius 1 is 1.29 bits per heavy atom. The molecular formula is C15H16N4OS. The predicted molar refractivity (Wildman–Crippen MR) is 84.9 cm³/mol. The number of carbonyl (C=O) groups excluding carboxylic acids is 1. The summed E-state index contributed by atoms with van der Waals surface area (Å²) in [7, 11) is 1.93. The molecule has 6 heteroatoms. The number of fused-ring (bicyclic) bond motifs is 1. The van der Waals surface area contributed by atoms with Crippen molar-refractivity contribution in [2.45, 2.75) is 19.8 Å². The summed E-state index contributed by atoms with van der Waals surface area (Å²) in [6.45, 7) is 4.10. The fourth-order valence-corrected chi connectivity index (χ4v) is 2.95. The van der Waals surface area contributed by atoms with Gasteiger partial charge in [0.2, 0.25) is 5.13 Å². The van der Waals surface area contributed by atoms with E-state index in [4.69, 9.17) is 0 Å². The van der Waals surface area contributed by atoms with Gasteiger partial charge in [0.15, 0.2) is 0 Å². The third-order valence-electron chi connectivity index (χ3n) is 3.30. The lowest BCUT2D eigenvalue weighted by atomic mass is 10.1. The summed E-state index contributed by atoms with van der Waals surface area (Å²) in [5.74, 6) is 0.156. The third-order valence-corrected chi connectivity index (χ3v) is 4.44. The van der Waals surface area contributed by atoms with E-state index in [0.717, 1.165) is 15.9 Å². The van der Waals surface area contributed by atoms with Crippen molar-refractivity contribution >= 4 is 33.3 Å². The van der Waals surface area contributed by atoms with Gasteiger partial charge in [0.05, 0.1) is 5.56 Å². The molecule has 0 spiro atoms. The molecule has 2 aromatic heterocycles. The molecule has 2 heterocycles. The Morgan fingerprint density at radius 3 is 2.76 bits per heavy atom. The Balaban J connectivity index is 1.90. The van der Waals surface area contributed by atoms with Crippen LogP contribution in [0.4, 0.5) is 5.13 Å². The van der Waals surface area contributed by atoms with Gasteiger partial charge in [-0.15, -0.1) is 10.2 Å². The number of anilines is 1. The molecule has 0 saturated heterocycles. The minimum atomic E-state index is -0.154. The fourth-order valence-electron chi connectivity index (χ4n) is 2.21. The largest absolute Gasteiger partial charge is 0.350 e. The van der Waals surface area contributed by atoms with Crippen molar-refractivity contribution in [1.29, 1.82) is 0 Å². The number of amides is 1. The van der Waals surface area contributed by atoms with Gasteiger partial charge in [-0.25, -0.2) is 0 Å². The first-order valence-corrected chi connectivity index (χ1v) is 7.56. The van der Waals surface area contributed by atoms with Gasteiger partial charge in [-0.1, -0.05) is 43.4 Å². The molecule has 5 nitrogen and oxygen atoms in total. The molecule has 0 atom stereocenters. The van der Waals surface area contributed by atoms with Gasteiger partial charge in [-0.05, 0) is 6.07 Å². The molecule has 0 bridgehead atoms. The van der Waals surface area contributed by atoms with Crippen molar-refractivity contribution in [2.24, 2.45) is 7.05 Å². The van der Waals surface area contributed by atoms with E-state index in [9.17, 15) is 4.79 Å². The number of aryl methyl sites for hydroxylation is 1. The molecule has 21 heavy (non-hydrogen) atoms. The molecule has 0 aliphatic heterocycles. The van der Waals surface area contributed by atoms with E-state index >= 15 is 0 Å². The first-order chi connectivity index (χ1) is 10.1. The predicted octanol–water partition coefficient (Wildman–Crippen LogP) is 3.41. The molecule has 0 aliphatic carbocycles. The number of hydrogen-bond acceptors (Lipinski definition) is 4. The summed E-state index contributed by atoms with van der Waals surface area (Å²) in [4.78, 5) is 12.4. The SMILES string of the molecule is CC(C)c1nnc(NC(=O)c2cn(C)c3ccccc23)s1. The quantitative estimate of drug-likeness (QED) is 0.806. The van der Waals surface area contributed by atoms with Crippen LogP contribution in [0.1, 0.15) is 35.1 Å². The molecule has 0 saturated carbocycles. The average Bonchev–Trinajstić information content (AvgIpc) is 3.05. The summed E-state index contributed by atoms with van der Waals surface area (Å²) in [5, 5.41) is 13.3. The maximum Gasteiger partial charge on any atom is 0.259 e. The van der Waals surface area contributed by atoms with Crippen LogP contribution in [0.5, 0.6) is 0 Å². The highest BCUT2D eigenvalue weighted by molar-refractivity contribution is 7.15. The van der Waals surface area contributed by atoms with E-state index < -0.39 is 0 Å². The summed E-state index contributed by atoms with van der Waals surface area (Å²) < 4.78 is 1.95. The molecule has 3 rings (SSSR count). The standard InChI is InChI=1S/C15H16N4OS/c1-9(2)14-17-18-15(21-14)16-13(20)11-8-19(3)12-7-5-4-6-10(11)12/h4-9H,1-3H3,(H,16,18,20). The van der Waals surface area contributed by atoms with E-state index in [1.165, 1.54) is 11.3 Å². The van der Waals surface area contributed by atoms with Crippen LogP contribution < -0.4 is 5.32 Å². The molecule has 0 unspecified atom stereocenters. The van der Waals surface area contributed by atoms with Gasteiger partial charge in [0.25, 0.3) is 5.91 Å². The Labute approximate surface area is 126 Å². The maximum absolute atomic E-state index is 12.4. The smallest absolute Gasteiger partial charge is 0.259 e. The minimum absolute atomic E-state index is 0.154. The van der Waals surface area contributed by atoms with Crippen LogP contribution in [0.3, 0.4) is 0 Å². The van der Waals surface area contributed by atoms with E-state index in [0.29, 0.717) is 16.6 Å². The van der Waals surface area contributed by atoms with Crippen molar-refractivity contribution in [3.8, 4) is 0 Å². The molecule has 1 amide bonds. The van der Waals surface area contributed by atoms with Gasteiger partial charge in [0, 0.05) is 30.1 Å². The van der Waals surface area contributed by atoms with E-state index in [1.54, 1.807) is 0 Å². The number of carbonyl (C=O) groups is 1. The van der Waals surface area contributed by atoms with Crippen molar-refractivity contribution in [1.82, 2.24) is 14.8 Å². The van der Waals surface area contributed by atoms with Crippen molar-refractivity contribution < 1.29 is 4.79 Å². The van der Waals surface area contributed by atoms with Crippen molar-refractivity contribution in [3.63, 3.8) is 0 Å².